The van der Waals surface area contributed by atoms with Crippen molar-refractivity contribution in [3.05, 3.63) is 23.9 Å². The lowest BCUT2D eigenvalue weighted by atomic mass is 10.2. The Bertz CT molecular complexity index is 526. The fraction of sp³-hybridized carbons (Fsp3) is 0.600. The Hall–Kier alpha value is -1.83. The fourth-order valence-electron chi connectivity index (χ4n) is 2.49. The zero-order valence-corrected chi connectivity index (χ0v) is 13.1. The lowest BCUT2D eigenvalue weighted by molar-refractivity contribution is -0.149. The molecule has 2 rings (SSSR count). The van der Waals surface area contributed by atoms with Gasteiger partial charge in [0.25, 0.3) is 0 Å². The van der Waals surface area contributed by atoms with Gasteiger partial charge in [-0.1, -0.05) is 0 Å². The number of anilines is 1. The zero-order valence-electron chi connectivity index (χ0n) is 13.1. The van der Waals surface area contributed by atoms with Gasteiger partial charge in [-0.05, 0) is 26.0 Å². The van der Waals surface area contributed by atoms with E-state index in [-0.39, 0.29) is 12.0 Å². The Balaban J connectivity index is 1.93. The van der Waals surface area contributed by atoms with E-state index in [1.165, 1.54) is 6.07 Å². The molecule has 5 nitrogen and oxygen atoms in total. The van der Waals surface area contributed by atoms with Gasteiger partial charge in [0, 0.05) is 32.4 Å². The molecule has 0 radical (unpaired) electrons. The summed E-state index contributed by atoms with van der Waals surface area (Å²) in [6, 6.07) is 2.10. The molecule has 0 unspecified atom stereocenters. The van der Waals surface area contributed by atoms with E-state index in [4.69, 9.17) is 4.74 Å². The van der Waals surface area contributed by atoms with Gasteiger partial charge in [0.15, 0.2) is 0 Å². The maximum atomic E-state index is 12.5. The maximum Gasteiger partial charge on any atom is 0.417 e. The first-order valence-corrected chi connectivity index (χ1v) is 7.51. The van der Waals surface area contributed by atoms with E-state index < -0.39 is 11.7 Å². The fourth-order valence-corrected chi connectivity index (χ4v) is 2.49. The number of nitrogens with zero attached hydrogens (tertiary/aromatic N) is 3. The third-order valence-corrected chi connectivity index (χ3v) is 3.89. The summed E-state index contributed by atoms with van der Waals surface area (Å²) < 4.78 is 42.6. The predicted molar refractivity (Wildman–Crippen MR) is 79.1 cm³/mol. The molecule has 1 aliphatic heterocycles. The average Bonchev–Trinajstić information content (AvgIpc) is 2.54. The molecular formula is C15H20F3N3O2. The molecular weight excluding hydrogens is 311 g/mol. The largest absolute Gasteiger partial charge is 0.465 e. The van der Waals surface area contributed by atoms with Crippen LogP contribution in [0.15, 0.2) is 18.3 Å². The minimum atomic E-state index is -4.38. The maximum absolute atomic E-state index is 12.5. The van der Waals surface area contributed by atoms with Crippen molar-refractivity contribution < 1.29 is 22.7 Å². The van der Waals surface area contributed by atoms with Gasteiger partial charge in [-0.2, -0.15) is 13.2 Å². The van der Waals surface area contributed by atoms with E-state index in [0.29, 0.717) is 38.6 Å². The number of hydrogen-bond acceptors (Lipinski definition) is 5. The Kier molecular flexibility index (Phi) is 5.46. The number of pyridine rings is 1. The van der Waals surface area contributed by atoms with Crippen molar-refractivity contribution in [3.8, 4) is 0 Å². The van der Waals surface area contributed by atoms with Crippen molar-refractivity contribution in [2.24, 2.45) is 0 Å². The topological polar surface area (TPSA) is 45.7 Å². The van der Waals surface area contributed by atoms with Crippen molar-refractivity contribution in [1.29, 1.82) is 0 Å². The highest BCUT2D eigenvalue weighted by Crippen LogP contribution is 2.29. The quantitative estimate of drug-likeness (QED) is 0.792. The zero-order chi connectivity index (χ0) is 17.0. The van der Waals surface area contributed by atoms with Gasteiger partial charge < -0.3 is 9.64 Å². The number of alkyl halides is 3. The van der Waals surface area contributed by atoms with Crippen molar-refractivity contribution in [1.82, 2.24) is 9.88 Å². The van der Waals surface area contributed by atoms with Gasteiger partial charge in [0.1, 0.15) is 11.9 Å². The molecule has 0 spiro atoms. The Morgan fingerprint density at radius 1 is 1.30 bits per heavy atom. The summed E-state index contributed by atoms with van der Waals surface area (Å²) in [5.41, 5.74) is -0.754. The summed E-state index contributed by atoms with van der Waals surface area (Å²) in [5.74, 6) is 0.259. The summed E-state index contributed by atoms with van der Waals surface area (Å²) in [5, 5.41) is 0. The van der Waals surface area contributed by atoms with Crippen LogP contribution < -0.4 is 4.90 Å². The third-order valence-electron chi connectivity index (χ3n) is 3.89. The molecule has 1 atom stereocenters. The second kappa shape index (κ2) is 7.16. The van der Waals surface area contributed by atoms with E-state index in [9.17, 15) is 18.0 Å². The first kappa shape index (κ1) is 17.5. The summed E-state index contributed by atoms with van der Waals surface area (Å²) in [6.45, 7) is 6.36. The number of hydrogen-bond donors (Lipinski definition) is 0. The Morgan fingerprint density at radius 2 is 1.96 bits per heavy atom. The number of esters is 1. The Labute approximate surface area is 133 Å². The molecule has 23 heavy (non-hydrogen) atoms. The summed E-state index contributed by atoms with van der Waals surface area (Å²) in [6.07, 6.45) is -3.53. The smallest absolute Gasteiger partial charge is 0.417 e. The average molecular weight is 331 g/mol. The number of ether oxygens (including phenoxy) is 1. The number of piperazine rings is 1. The normalized spacial score (nSPS) is 17.9. The van der Waals surface area contributed by atoms with Gasteiger partial charge in [-0.3, -0.25) is 9.69 Å². The van der Waals surface area contributed by atoms with Crippen molar-refractivity contribution in [3.63, 3.8) is 0 Å². The van der Waals surface area contributed by atoms with E-state index in [0.717, 1.165) is 12.3 Å². The predicted octanol–water partition coefficient (Wildman–Crippen LogP) is 2.17. The van der Waals surface area contributed by atoms with Crippen molar-refractivity contribution >= 4 is 11.8 Å². The number of rotatable bonds is 4. The molecule has 0 saturated carbocycles. The molecule has 0 aliphatic carbocycles. The van der Waals surface area contributed by atoms with Crippen LogP contribution in [0.3, 0.4) is 0 Å². The minimum Gasteiger partial charge on any atom is -0.465 e. The van der Waals surface area contributed by atoms with E-state index in [2.05, 4.69) is 4.98 Å². The molecule has 1 aromatic rings. The number of carbonyl (C=O) groups excluding carboxylic acids is 1. The number of carbonyl (C=O) groups is 1. The molecule has 1 aromatic heterocycles. The number of halogens is 3. The first-order chi connectivity index (χ1) is 10.8. The van der Waals surface area contributed by atoms with E-state index in [1.54, 1.807) is 13.8 Å². The molecule has 2 heterocycles. The van der Waals surface area contributed by atoms with E-state index >= 15 is 0 Å². The SMILES string of the molecule is CCOC(=O)[C@@H](C)N1CCN(c2ccc(C(F)(F)F)cn2)CC1. The lowest BCUT2D eigenvalue weighted by Crippen LogP contribution is -2.52. The molecule has 1 aliphatic rings. The standard InChI is InChI=1S/C15H20F3N3O2/c1-3-23-14(22)11(2)20-6-8-21(9-7-20)13-5-4-12(10-19-13)15(16,17)18/h4-5,10-11H,3,6-9H2,1-2H3/t11-/m1/s1. The van der Waals surface area contributed by atoms with Crippen LogP contribution >= 0.6 is 0 Å². The lowest BCUT2D eigenvalue weighted by Gasteiger charge is -2.37. The number of aromatic nitrogens is 1. The second-order valence-corrected chi connectivity index (χ2v) is 5.35. The van der Waals surface area contributed by atoms with Crippen LogP contribution in [0.5, 0.6) is 0 Å². The van der Waals surface area contributed by atoms with Crippen LogP contribution in [-0.2, 0) is 15.7 Å². The van der Waals surface area contributed by atoms with Crippen LogP contribution in [0.25, 0.3) is 0 Å². The van der Waals surface area contributed by atoms with Crippen LogP contribution in [0, 0.1) is 0 Å². The monoisotopic (exact) mass is 331 g/mol. The van der Waals surface area contributed by atoms with Gasteiger partial charge >= 0.3 is 12.1 Å². The van der Waals surface area contributed by atoms with E-state index in [1.807, 2.05) is 9.80 Å². The first-order valence-electron chi connectivity index (χ1n) is 7.51. The molecule has 0 bridgehead atoms. The molecule has 128 valence electrons. The molecule has 0 amide bonds. The summed E-state index contributed by atoms with van der Waals surface area (Å²) in [7, 11) is 0. The van der Waals surface area contributed by atoms with Gasteiger partial charge in [-0.15, -0.1) is 0 Å². The molecule has 8 heteroatoms. The Morgan fingerprint density at radius 3 is 2.43 bits per heavy atom. The van der Waals surface area contributed by atoms with Gasteiger partial charge in [0.05, 0.1) is 12.2 Å². The van der Waals surface area contributed by atoms with Gasteiger partial charge in [-0.25, -0.2) is 4.98 Å². The summed E-state index contributed by atoms with van der Waals surface area (Å²) in [4.78, 5) is 19.5. The molecule has 0 aromatic carbocycles. The third kappa shape index (κ3) is 4.34. The highest BCUT2D eigenvalue weighted by atomic mass is 19.4. The van der Waals surface area contributed by atoms with Crippen LogP contribution in [0.1, 0.15) is 19.4 Å². The van der Waals surface area contributed by atoms with Crippen LogP contribution in [0.2, 0.25) is 0 Å². The summed E-state index contributed by atoms with van der Waals surface area (Å²) >= 11 is 0. The van der Waals surface area contributed by atoms with Crippen molar-refractivity contribution in [2.45, 2.75) is 26.1 Å². The van der Waals surface area contributed by atoms with Crippen LogP contribution in [0.4, 0.5) is 19.0 Å². The highest BCUT2D eigenvalue weighted by Gasteiger charge is 2.31. The second-order valence-electron chi connectivity index (χ2n) is 5.35. The minimum absolute atomic E-state index is 0.256. The highest BCUT2D eigenvalue weighted by molar-refractivity contribution is 5.75. The van der Waals surface area contributed by atoms with Crippen molar-refractivity contribution in [2.75, 3.05) is 37.7 Å². The molecule has 0 N–H and O–H groups in total. The molecule has 1 fully saturated rings. The van der Waals surface area contributed by atoms with Gasteiger partial charge in [0.2, 0.25) is 0 Å². The molecule has 1 saturated heterocycles. The van der Waals surface area contributed by atoms with Crippen LogP contribution in [-0.4, -0.2) is 54.7 Å².